The molecule has 0 saturated carbocycles. The zero-order chi connectivity index (χ0) is 8.23. The third kappa shape index (κ3) is 2.17. The van der Waals surface area contributed by atoms with Gasteiger partial charge in [0, 0.05) is 19.6 Å². The molecule has 0 radical (unpaired) electrons. The van der Waals surface area contributed by atoms with Gasteiger partial charge in [-0.15, -0.1) is 0 Å². The monoisotopic (exact) mass is 172 g/mol. The Morgan fingerprint density at radius 3 is 2.83 bits per heavy atom. The number of ether oxygens (including phenoxy) is 1. The molecular formula is C8H16N2O2. The maximum Gasteiger partial charge on any atom is 0.0929 e. The van der Waals surface area contributed by atoms with Crippen LogP contribution in [-0.2, 0) is 9.57 Å². The van der Waals surface area contributed by atoms with Gasteiger partial charge in [0.15, 0.2) is 0 Å². The molecule has 1 unspecified atom stereocenters. The van der Waals surface area contributed by atoms with Crippen LogP contribution < -0.4 is 5.32 Å². The van der Waals surface area contributed by atoms with Gasteiger partial charge in [0.05, 0.1) is 19.3 Å². The van der Waals surface area contributed by atoms with Gasteiger partial charge in [-0.1, -0.05) is 0 Å². The van der Waals surface area contributed by atoms with E-state index in [1.807, 2.05) is 5.06 Å². The summed E-state index contributed by atoms with van der Waals surface area (Å²) in [4.78, 5) is 5.74. The third-order valence-electron chi connectivity index (χ3n) is 2.28. The average Bonchev–Trinajstić information content (AvgIpc) is 2.59. The summed E-state index contributed by atoms with van der Waals surface area (Å²) in [5.74, 6) is 0. The van der Waals surface area contributed by atoms with Crippen molar-refractivity contribution in [2.45, 2.75) is 12.5 Å². The van der Waals surface area contributed by atoms with Gasteiger partial charge in [0.25, 0.3) is 0 Å². The van der Waals surface area contributed by atoms with Crippen LogP contribution in [0, 0.1) is 0 Å². The Morgan fingerprint density at radius 2 is 2.17 bits per heavy atom. The zero-order valence-corrected chi connectivity index (χ0v) is 7.29. The van der Waals surface area contributed by atoms with Crippen molar-refractivity contribution in [1.82, 2.24) is 10.4 Å². The van der Waals surface area contributed by atoms with Crippen LogP contribution in [0.1, 0.15) is 6.42 Å². The number of hydrogen-bond acceptors (Lipinski definition) is 4. The summed E-state index contributed by atoms with van der Waals surface area (Å²) < 4.78 is 5.23. The van der Waals surface area contributed by atoms with Gasteiger partial charge in [-0.2, -0.15) is 5.06 Å². The fourth-order valence-corrected chi connectivity index (χ4v) is 1.58. The molecule has 0 spiro atoms. The van der Waals surface area contributed by atoms with Gasteiger partial charge in [0.2, 0.25) is 0 Å². The van der Waals surface area contributed by atoms with Crippen molar-refractivity contribution in [1.29, 1.82) is 0 Å². The van der Waals surface area contributed by atoms with Crippen LogP contribution in [0.5, 0.6) is 0 Å². The molecule has 0 aromatic heterocycles. The Labute approximate surface area is 72.8 Å². The van der Waals surface area contributed by atoms with E-state index in [-0.39, 0.29) is 0 Å². The molecule has 70 valence electrons. The second-order valence-corrected chi connectivity index (χ2v) is 3.26. The van der Waals surface area contributed by atoms with E-state index in [9.17, 15) is 0 Å². The fraction of sp³-hybridized carbons (Fsp3) is 1.00. The first kappa shape index (κ1) is 8.44. The number of nitrogens with zero attached hydrogens (tertiary/aromatic N) is 1. The molecule has 2 saturated heterocycles. The van der Waals surface area contributed by atoms with E-state index >= 15 is 0 Å². The van der Waals surface area contributed by atoms with Crippen molar-refractivity contribution in [2.24, 2.45) is 0 Å². The lowest BCUT2D eigenvalue weighted by Crippen LogP contribution is -2.39. The van der Waals surface area contributed by atoms with E-state index in [0.717, 1.165) is 45.8 Å². The highest BCUT2D eigenvalue weighted by Crippen LogP contribution is 2.07. The second kappa shape index (κ2) is 4.18. The van der Waals surface area contributed by atoms with Gasteiger partial charge in [0.1, 0.15) is 0 Å². The number of hydrogen-bond donors (Lipinski definition) is 1. The Morgan fingerprint density at radius 1 is 1.33 bits per heavy atom. The molecule has 0 aromatic carbocycles. The van der Waals surface area contributed by atoms with E-state index in [0.29, 0.717) is 6.10 Å². The van der Waals surface area contributed by atoms with Crippen molar-refractivity contribution in [2.75, 3.05) is 39.4 Å². The van der Waals surface area contributed by atoms with Crippen LogP contribution in [0.15, 0.2) is 0 Å². The van der Waals surface area contributed by atoms with E-state index in [1.54, 1.807) is 0 Å². The minimum atomic E-state index is 0.392. The van der Waals surface area contributed by atoms with Gasteiger partial charge < -0.3 is 10.1 Å². The molecule has 2 aliphatic heterocycles. The molecule has 2 aliphatic rings. The molecule has 4 nitrogen and oxygen atoms in total. The second-order valence-electron chi connectivity index (χ2n) is 3.26. The van der Waals surface area contributed by atoms with E-state index in [2.05, 4.69) is 5.32 Å². The van der Waals surface area contributed by atoms with Gasteiger partial charge in [-0.25, -0.2) is 0 Å². The summed E-state index contributed by atoms with van der Waals surface area (Å²) in [6, 6.07) is 0. The molecule has 1 atom stereocenters. The first-order chi connectivity index (χ1) is 5.95. The number of rotatable bonds is 2. The van der Waals surface area contributed by atoms with Crippen LogP contribution >= 0.6 is 0 Å². The molecule has 2 rings (SSSR count). The summed E-state index contributed by atoms with van der Waals surface area (Å²) in [6.07, 6.45) is 1.53. The number of hydroxylamine groups is 2. The summed E-state index contributed by atoms with van der Waals surface area (Å²) in [5, 5.41) is 5.31. The number of morpholine rings is 1. The predicted molar refractivity (Wildman–Crippen MR) is 44.8 cm³/mol. The maximum absolute atomic E-state index is 5.74. The Kier molecular flexibility index (Phi) is 2.94. The van der Waals surface area contributed by atoms with Crippen molar-refractivity contribution >= 4 is 0 Å². The molecule has 0 aliphatic carbocycles. The molecule has 0 aromatic rings. The molecule has 4 heteroatoms. The first-order valence-corrected chi connectivity index (χ1v) is 4.65. The van der Waals surface area contributed by atoms with Crippen LogP contribution in [0.2, 0.25) is 0 Å². The highest BCUT2D eigenvalue weighted by atomic mass is 16.7. The first-order valence-electron chi connectivity index (χ1n) is 4.65. The third-order valence-corrected chi connectivity index (χ3v) is 2.28. The standard InChI is InChI=1S/C8H16N2O2/c1-2-9-7-8(1)12-10-3-5-11-6-4-10/h8-9H,1-7H2. The Bertz CT molecular complexity index is 131. The number of nitrogens with one attached hydrogen (secondary N) is 1. The maximum atomic E-state index is 5.74. The van der Waals surface area contributed by atoms with Crippen molar-refractivity contribution in [3.8, 4) is 0 Å². The minimum absolute atomic E-state index is 0.392. The van der Waals surface area contributed by atoms with E-state index < -0.39 is 0 Å². The summed E-state index contributed by atoms with van der Waals surface area (Å²) in [7, 11) is 0. The Balaban J connectivity index is 1.69. The van der Waals surface area contributed by atoms with Crippen molar-refractivity contribution in [3.05, 3.63) is 0 Å². The van der Waals surface area contributed by atoms with Crippen LogP contribution in [0.25, 0.3) is 0 Å². The van der Waals surface area contributed by atoms with Gasteiger partial charge in [-0.3, -0.25) is 4.84 Å². The van der Waals surface area contributed by atoms with E-state index in [4.69, 9.17) is 9.57 Å². The summed E-state index contributed by atoms with van der Waals surface area (Å²) in [5.41, 5.74) is 0. The SMILES string of the molecule is C1CC(ON2CCOCC2)CN1. The normalized spacial score (nSPS) is 32.5. The van der Waals surface area contributed by atoms with Crippen LogP contribution in [0.3, 0.4) is 0 Å². The predicted octanol–water partition coefficient (Wildman–Crippen LogP) is -0.388. The zero-order valence-electron chi connectivity index (χ0n) is 7.29. The van der Waals surface area contributed by atoms with Crippen LogP contribution in [0.4, 0.5) is 0 Å². The molecule has 12 heavy (non-hydrogen) atoms. The average molecular weight is 172 g/mol. The molecule has 2 heterocycles. The summed E-state index contributed by atoms with van der Waals surface area (Å²) in [6.45, 7) is 5.53. The fourth-order valence-electron chi connectivity index (χ4n) is 1.58. The van der Waals surface area contributed by atoms with Crippen molar-refractivity contribution < 1.29 is 9.57 Å². The lowest BCUT2D eigenvalue weighted by Gasteiger charge is -2.28. The molecule has 0 bridgehead atoms. The highest BCUT2D eigenvalue weighted by molar-refractivity contribution is 4.70. The molecule has 2 fully saturated rings. The van der Waals surface area contributed by atoms with Gasteiger partial charge in [-0.05, 0) is 13.0 Å². The topological polar surface area (TPSA) is 33.7 Å². The van der Waals surface area contributed by atoms with E-state index in [1.165, 1.54) is 0 Å². The van der Waals surface area contributed by atoms with Crippen molar-refractivity contribution in [3.63, 3.8) is 0 Å². The molecule has 0 amide bonds. The summed E-state index contributed by atoms with van der Waals surface area (Å²) >= 11 is 0. The smallest absolute Gasteiger partial charge is 0.0929 e. The van der Waals surface area contributed by atoms with Crippen LogP contribution in [-0.4, -0.2) is 50.6 Å². The Hall–Kier alpha value is -0.160. The van der Waals surface area contributed by atoms with Gasteiger partial charge >= 0.3 is 0 Å². The molecular weight excluding hydrogens is 156 g/mol. The largest absolute Gasteiger partial charge is 0.379 e. The highest BCUT2D eigenvalue weighted by Gasteiger charge is 2.20. The lowest BCUT2D eigenvalue weighted by atomic mass is 10.3. The lowest BCUT2D eigenvalue weighted by molar-refractivity contribution is -0.220. The quantitative estimate of drug-likeness (QED) is 0.615. The minimum Gasteiger partial charge on any atom is -0.379 e. The molecule has 1 N–H and O–H groups in total.